The summed E-state index contributed by atoms with van der Waals surface area (Å²) in [4.78, 5) is 21.5. The molecule has 6 nitrogen and oxygen atoms in total. The molecule has 0 amide bonds. The molecule has 0 aliphatic heterocycles. The first kappa shape index (κ1) is 13.7. The largest absolute Gasteiger partial charge is 0.489 e. The lowest BCUT2D eigenvalue weighted by Gasteiger charge is -2.08. The molecule has 0 spiro atoms. The zero-order valence-electron chi connectivity index (χ0n) is 10.4. The van der Waals surface area contributed by atoms with Gasteiger partial charge in [-0.2, -0.15) is 0 Å². The van der Waals surface area contributed by atoms with Crippen molar-refractivity contribution < 1.29 is 14.1 Å². The molecule has 20 heavy (non-hydrogen) atoms. The molecule has 0 atom stereocenters. The Bertz CT molecular complexity index is 684. The van der Waals surface area contributed by atoms with Crippen molar-refractivity contribution >= 4 is 5.69 Å². The number of nitro groups is 1. The van der Waals surface area contributed by atoms with Crippen LogP contribution in [0.4, 0.5) is 10.1 Å². The first-order valence-corrected chi connectivity index (χ1v) is 5.80. The van der Waals surface area contributed by atoms with Gasteiger partial charge in [-0.3, -0.25) is 14.9 Å². The molecule has 0 saturated heterocycles. The van der Waals surface area contributed by atoms with Crippen LogP contribution in [-0.4, -0.2) is 16.1 Å². The van der Waals surface area contributed by atoms with Gasteiger partial charge in [0.15, 0.2) is 11.6 Å². The van der Waals surface area contributed by atoms with Crippen LogP contribution in [-0.2, 0) is 6.54 Å². The summed E-state index contributed by atoms with van der Waals surface area (Å²) in [5, 5.41) is 10.6. The number of hydrogen-bond donors (Lipinski definition) is 0. The van der Waals surface area contributed by atoms with E-state index in [9.17, 15) is 19.3 Å². The molecule has 1 aromatic carbocycles. The second-order valence-corrected chi connectivity index (χ2v) is 3.95. The van der Waals surface area contributed by atoms with Crippen molar-refractivity contribution in [3.63, 3.8) is 0 Å². The molecule has 0 unspecified atom stereocenters. The average Bonchev–Trinajstić information content (AvgIpc) is 2.42. The number of nitrogens with zero attached hydrogens (tertiary/aromatic N) is 2. The fourth-order valence-electron chi connectivity index (χ4n) is 1.62. The van der Waals surface area contributed by atoms with Gasteiger partial charge in [0, 0.05) is 12.1 Å². The summed E-state index contributed by atoms with van der Waals surface area (Å²) < 4.78 is 19.6. The monoisotopic (exact) mass is 278 g/mol. The van der Waals surface area contributed by atoms with Gasteiger partial charge in [0.05, 0.1) is 17.7 Å². The molecule has 2 aromatic rings. The van der Waals surface area contributed by atoms with E-state index >= 15 is 0 Å². The van der Waals surface area contributed by atoms with Crippen LogP contribution in [0.15, 0.2) is 47.4 Å². The van der Waals surface area contributed by atoms with Gasteiger partial charge < -0.3 is 9.30 Å². The Morgan fingerprint density at radius 1 is 1.25 bits per heavy atom. The van der Waals surface area contributed by atoms with E-state index in [2.05, 4.69) is 0 Å². The molecule has 0 saturated carbocycles. The first-order valence-electron chi connectivity index (χ1n) is 5.80. The van der Waals surface area contributed by atoms with Crippen molar-refractivity contribution in [2.75, 3.05) is 6.61 Å². The Morgan fingerprint density at radius 2 is 2.00 bits per heavy atom. The Hall–Kier alpha value is -2.70. The topological polar surface area (TPSA) is 74.4 Å². The maximum absolute atomic E-state index is 13.3. The molecular weight excluding hydrogens is 267 g/mol. The number of rotatable bonds is 5. The summed E-state index contributed by atoms with van der Waals surface area (Å²) in [6, 6.07) is 8.13. The van der Waals surface area contributed by atoms with E-state index < -0.39 is 10.7 Å². The third-order valence-electron chi connectivity index (χ3n) is 2.61. The van der Waals surface area contributed by atoms with E-state index in [1.165, 1.54) is 18.2 Å². The zero-order chi connectivity index (χ0) is 14.5. The van der Waals surface area contributed by atoms with Crippen LogP contribution in [0, 0.1) is 15.9 Å². The fraction of sp³-hybridized carbons (Fsp3) is 0.154. The third-order valence-corrected chi connectivity index (χ3v) is 2.61. The highest BCUT2D eigenvalue weighted by atomic mass is 19.1. The van der Waals surface area contributed by atoms with E-state index in [1.54, 1.807) is 6.07 Å². The van der Waals surface area contributed by atoms with Crippen molar-refractivity contribution in [2.24, 2.45) is 0 Å². The van der Waals surface area contributed by atoms with Gasteiger partial charge in [-0.05, 0) is 12.1 Å². The second-order valence-electron chi connectivity index (χ2n) is 3.95. The number of benzene rings is 1. The van der Waals surface area contributed by atoms with Crippen molar-refractivity contribution in [1.29, 1.82) is 0 Å². The summed E-state index contributed by atoms with van der Waals surface area (Å²) in [6.07, 6.45) is 1.13. The number of aromatic nitrogens is 1. The Kier molecular flexibility index (Phi) is 4.09. The minimum absolute atomic E-state index is 0.0298. The molecular formula is C13H11FN2O4. The predicted octanol–water partition coefficient (Wildman–Crippen LogP) is 1.97. The maximum Gasteiger partial charge on any atom is 0.285 e. The van der Waals surface area contributed by atoms with Gasteiger partial charge in [0.1, 0.15) is 6.61 Å². The average molecular weight is 278 g/mol. The summed E-state index contributed by atoms with van der Waals surface area (Å²) in [7, 11) is 0. The molecule has 0 bridgehead atoms. The van der Waals surface area contributed by atoms with Crippen LogP contribution in [0.5, 0.6) is 5.75 Å². The van der Waals surface area contributed by atoms with Crippen molar-refractivity contribution in [3.8, 4) is 5.75 Å². The molecule has 0 aliphatic carbocycles. The molecule has 0 aliphatic rings. The van der Waals surface area contributed by atoms with Crippen LogP contribution < -0.4 is 10.3 Å². The lowest BCUT2D eigenvalue weighted by Crippen LogP contribution is -2.22. The van der Waals surface area contributed by atoms with Gasteiger partial charge >= 0.3 is 0 Å². The Labute approximate surface area is 113 Å². The predicted molar refractivity (Wildman–Crippen MR) is 69.3 cm³/mol. The molecule has 1 heterocycles. The van der Waals surface area contributed by atoms with Crippen LogP contribution >= 0.6 is 0 Å². The highest BCUT2D eigenvalue weighted by molar-refractivity contribution is 5.25. The lowest BCUT2D eigenvalue weighted by atomic mass is 10.3. The minimum atomic E-state index is -0.590. The van der Waals surface area contributed by atoms with Crippen molar-refractivity contribution in [3.05, 3.63) is 68.9 Å². The summed E-state index contributed by atoms with van der Waals surface area (Å²) in [6.45, 7) is 0.122. The number of hydrogen-bond acceptors (Lipinski definition) is 4. The Morgan fingerprint density at radius 3 is 2.70 bits per heavy atom. The van der Waals surface area contributed by atoms with Crippen molar-refractivity contribution in [2.45, 2.75) is 6.54 Å². The smallest absolute Gasteiger partial charge is 0.285 e. The number of pyridine rings is 1. The van der Waals surface area contributed by atoms with Crippen LogP contribution in [0.3, 0.4) is 0 Å². The molecule has 2 rings (SSSR count). The molecule has 1 aromatic heterocycles. The third kappa shape index (κ3) is 3.19. The van der Waals surface area contributed by atoms with Gasteiger partial charge in [0.2, 0.25) is 0 Å². The number of para-hydroxylation sites is 1. The van der Waals surface area contributed by atoms with Crippen LogP contribution in [0.2, 0.25) is 0 Å². The summed E-state index contributed by atoms with van der Waals surface area (Å²) >= 11 is 0. The SMILES string of the molecule is O=c1ccc([N+](=O)[O-])cn1CCOc1ccccc1F. The quantitative estimate of drug-likeness (QED) is 0.619. The van der Waals surface area contributed by atoms with Gasteiger partial charge in [0.25, 0.3) is 11.2 Å². The highest BCUT2D eigenvalue weighted by Gasteiger charge is 2.08. The van der Waals surface area contributed by atoms with Gasteiger partial charge in [-0.25, -0.2) is 4.39 Å². The Balaban J connectivity index is 2.04. The molecule has 104 valence electrons. The first-order chi connectivity index (χ1) is 9.58. The molecule has 7 heteroatoms. The summed E-state index contributed by atoms with van der Waals surface area (Å²) in [5.41, 5.74) is -0.566. The molecule has 0 radical (unpaired) electrons. The number of ether oxygens (including phenoxy) is 1. The van der Waals surface area contributed by atoms with Gasteiger partial charge in [-0.15, -0.1) is 0 Å². The van der Waals surface area contributed by atoms with E-state index in [4.69, 9.17) is 4.74 Å². The number of halogens is 1. The van der Waals surface area contributed by atoms with E-state index in [0.717, 1.165) is 22.9 Å². The van der Waals surface area contributed by atoms with Crippen LogP contribution in [0.25, 0.3) is 0 Å². The maximum atomic E-state index is 13.3. The second kappa shape index (κ2) is 5.96. The molecule has 0 fully saturated rings. The lowest BCUT2D eigenvalue weighted by molar-refractivity contribution is -0.385. The zero-order valence-corrected chi connectivity index (χ0v) is 10.4. The molecule has 0 N–H and O–H groups in total. The van der Waals surface area contributed by atoms with E-state index in [1.807, 2.05) is 0 Å². The minimum Gasteiger partial charge on any atom is -0.489 e. The van der Waals surface area contributed by atoms with E-state index in [0.29, 0.717) is 0 Å². The normalized spacial score (nSPS) is 10.2. The van der Waals surface area contributed by atoms with E-state index in [-0.39, 0.29) is 30.1 Å². The standard InChI is InChI=1S/C13H11FN2O4/c14-11-3-1-2-4-12(11)20-8-7-15-9-10(16(18)19)5-6-13(15)17/h1-6,9H,7-8H2. The van der Waals surface area contributed by atoms with Crippen molar-refractivity contribution in [1.82, 2.24) is 4.57 Å². The fourth-order valence-corrected chi connectivity index (χ4v) is 1.62. The van der Waals surface area contributed by atoms with Crippen LogP contribution in [0.1, 0.15) is 0 Å². The highest BCUT2D eigenvalue weighted by Crippen LogP contribution is 2.15. The summed E-state index contributed by atoms with van der Waals surface area (Å²) in [5.74, 6) is -0.426. The van der Waals surface area contributed by atoms with Gasteiger partial charge in [-0.1, -0.05) is 12.1 Å².